The van der Waals surface area contributed by atoms with E-state index in [0.717, 1.165) is 23.6 Å². The third kappa shape index (κ3) is 1.79. The molecule has 5 heteroatoms. The second kappa shape index (κ2) is 4.15. The zero-order valence-electron chi connectivity index (χ0n) is 7.13. The quantitative estimate of drug-likeness (QED) is 0.759. The Bertz CT molecular complexity index is 271. The van der Waals surface area contributed by atoms with Gasteiger partial charge in [-0.2, -0.15) is 0 Å². The average Bonchev–Trinajstić information content (AvgIpc) is 2.51. The Balaban J connectivity index is 2.79. The molecule has 66 valence electrons. The Hall–Kier alpha value is -0.970. The second-order valence-corrected chi connectivity index (χ2v) is 3.02. The number of amides is 1. The maximum atomic E-state index is 11.3. The van der Waals surface area contributed by atoms with Gasteiger partial charge in [-0.1, -0.05) is 11.4 Å². The Kier molecular flexibility index (Phi) is 3.16. The van der Waals surface area contributed by atoms with Crippen LogP contribution in [-0.2, 0) is 6.42 Å². The van der Waals surface area contributed by atoms with Crippen LogP contribution in [0, 0.1) is 0 Å². The Morgan fingerprint density at radius 3 is 2.92 bits per heavy atom. The van der Waals surface area contributed by atoms with Gasteiger partial charge in [0.1, 0.15) is 4.88 Å². The molecule has 1 amide bonds. The summed E-state index contributed by atoms with van der Waals surface area (Å²) in [6.07, 6.45) is 0.753. The molecule has 0 saturated heterocycles. The number of hydrogen-bond acceptors (Lipinski definition) is 4. The molecule has 0 saturated carbocycles. The van der Waals surface area contributed by atoms with Gasteiger partial charge in [0.25, 0.3) is 5.91 Å². The van der Waals surface area contributed by atoms with Gasteiger partial charge in [-0.25, -0.2) is 0 Å². The van der Waals surface area contributed by atoms with Crippen LogP contribution in [-0.4, -0.2) is 22.0 Å². The Morgan fingerprint density at radius 2 is 2.33 bits per heavy atom. The molecule has 0 aromatic carbocycles. The summed E-state index contributed by atoms with van der Waals surface area (Å²) in [6.45, 7) is 4.48. The van der Waals surface area contributed by atoms with Crippen LogP contribution in [0.4, 0.5) is 0 Å². The van der Waals surface area contributed by atoms with Crippen LogP contribution in [0.25, 0.3) is 0 Å². The predicted molar refractivity (Wildman–Crippen MR) is 47.3 cm³/mol. The van der Waals surface area contributed by atoms with Gasteiger partial charge in [0.15, 0.2) is 0 Å². The molecule has 1 aromatic heterocycles. The van der Waals surface area contributed by atoms with Gasteiger partial charge >= 0.3 is 0 Å². The first-order chi connectivity index (χ1) is 5.79. The molecule has 0 bridgehead atoms. The van der Waals surface area contributed by atoms with E-state index in [0.29, 0.717) is 11.4 Å². The van der Waals surface area contributed by atoms with E-state index >= 15 is 0 Å². The smallest absolute Gasteiger partial charge is 0.264 e. The summed E-state index contributed by atoms with van der Waals surface area (Å²) in [5, 5.41) is 6.56. The van der Waals surface area contributed by atoms with Crippen LogP contribution in [0.5, 0.6) is 0 Å². The maximum absolute atomic E-state index is 11.3. The van der Waals surface area contributed by atoms with Crippen molar-refractivity contribution in [2.24, 2.45) is 0 Å². The minimum Gasteiger partial charge on any atom is -0.352 e. The zero-order valence-corrected chi connectivity index (χ0v) is 7.94. The normalized spacial score (nSPS) is 9.83. The van der Waals surface area contributed by atoms with Gasteiger partial charge in [0, 0.05) is 6.54 Å². The van der Waals surface area contributed by atoms with Crippen molar-refractivity contribution in [2.75, 3.05) is 6.54 Å². The number of aryl methyl sites for hydroxylation is 1. The average molecular weight is 185 g/mol. The van der Waals surface area contributed by atoms with Crippen molar-refractivity contribution in [1.82, 2.24) is 14.9 Å². The number of carbonyl (C=O) groups is 1. The lowest BCUT2D eigenvalue weighted by atomic mass is 10.3. The van der Waals surface area contributed by atoms with Crippen LogP contribution in [0.15, 0.2) is 0 Å². The summed E-state index contributed by atoms with van der Waals surface area (Å²) in [5.74, 6) is -0.0654. The molecule has 12 heavy (non-hydrogen) atoms. The van der Waals surface area contributed by atoms with E-state index in [1.807, 2.05) is 13.8 Å². The highest BCUT2D eigenvalue weighted by atomic mass is 32.1. The summed E-state index contributed by atoms with van der Waals surface area (Å²) >= 11 is 1.15. The molecule has 0 aliphatic rings. The van der Waals surface area contributed by atoms with Gasteiger partial charge < -0.3 is 5.32 Å². The van der Waals surface area contributed by atoms with E-state index in [4.69, 9.17) is 0 Å². The molecule has 1 rings (SSSR count). The van der Waals surface area contributed by atoms with Gasteiger partial charge in [0.05, 0.1) is 5.69 Å². The van der Waals surface area contributed by atoms with E-state index in [-0.39, 0.29) is 5.91 Å². The van der Waals surface area contributed by atoms with Crippen LogP contribution in [0.3, 0.4) is 0 Å². The van der Waals surface area contributed by atoms with E-state index in [9.17, 15) is 4.79 Å². The summed E-state index contributed by atoms with van der Waals surface area (Å²) in [5.41, 5.74) is 0.783. The first kappa shape index (κ1) is 9.12. The fourth-order valence-corrected chi connectivity index (χ4v) is 1.52. The Morgan fingerprint density at radius 1 is 1.58 bits per heavy atom. The molecule has 1 N–H and O–H groups in total. The number of nitrogens with zero attached hydrogens (tertiary/aromatic N) is 2. The van der Waals surface area contributed by atoms with Crippen molar-refractivity contribution < 1.29 is 4.79 Å². The van der Waals surface area contributed by atoms with Crippen molar-refractivity contribution in [3.8, 4) is 0 Å². The second-order valence-electron chi connectivity index (χ2n) is 2.26. The standard InChI is InChI=1S/C7H11N3OS/c1-3-5-6(12-10-9-5)7(11)8-4-2/h3-4H2,1-2H3,(H,8,11). The van der Waals surface area contributed by atoms with Gasteiger partial charge in [-0.3, -0.25) is 4.79 Å². The van der Waals surface area contributed by atoms with Crippen LogP contribution in [0.1, 0.15) is 29.2 Å². The predicted octanol–water partition coefficient (Wildman–Crippen LogP) is 0.850. The highest BCUT2D eigenvalue weighted by Crippen LogP contribution is 2.10. The lowest BCUT2D eigenvalue weighted by Gasteiger charge is -1.98. The third-order valence-corrected chi connectivity index (χ3v) is 2.20. The molecular weight excluding hydrogens is 174 g/mol. The molecule has 0 fully saturated rings. The van der Waals surface area contributed by atoms with Crippen LogP contribution >= 0.6 is 11.5 Å². The van der Waals surface area contributed by atoms with Crippen molar-refractivity contribution in [3.05, 3.63) is 10.6 Å². The molecule has 0 atom stereocenters. The SMILES string of the molecule is CCNC(=O)c1snnc1CC. The molecular formula is C7H11N3OS. The lowest BCUT2D eigenvalue weighted by molar-refractivity contribution is 0.0959. The number of nitrogens with one attached hydrogen (secondary N) is 1. The lowest BCUT2D eigenvalue weighted by Crippen LogP contribution is -2.22. The molecule has 0 aliphatic heterocycles. The van der Waals surface area contributed by atoms with E-state index < -0.39 is 0 Å². The van der Waals surface area contributed by atoms with Crippen LogP contribution in [0.2, 0.25) is 0 Å². The van der Waals surface area contributed by atoms with E-state index in [2.05, 4.69) is 14.9 Å². The molecule has 1 aromatic rings. The fraction of sp³-hybridized carbons (Fsp3) is 0.571. The summed E-state index contributed by atoms with van der Waals surface area (Å²) in [6, 6.07) is 0. The van der Waals surface area contributed by atoms with Crippen molar-refractivity contribution in [1.29, 1.82) is 0 Å². The number of hydrogen-bond donors (Lipinski definition) is 1. The van der Waals surface area contributed by atoms with Crippen molar-refractivity contribution in [2.45, 2.75) is 20.3 Å². The summed E-state index contributed by atoms with van der Waals surface area (Å²) in [7, 11) is 0. The third-order valence-electron chi connectivity index (χ3n) is 1.43. The number of rotatable bonds is 3. The fourth-order valence-electron chi connectivity index (χ4n) is 0.853. The first-order valence-electron chi connectivity index (χ1n) is 3.89. The monoisotopic (exact) mass is 185 g/mol. The number of carbonyl (C=O) groups excluding carboxylic acids is 1. The summed E-state index contributed by atoms with van der Waals surface area (Å²) < 4.78 is 3.73. The topological polar surface area (TPSA) is 54.9 Å². The highest BCUT2D eigenvalue weighted by molar-refractivity contribution is 7.08. The summed E-state index contributed by atoms with van der Waals surface area (Å²) in [4.78, 5) is 11.9. The first-order valence-corrected chi connectivity index (χ1v) is 4.66. The molecule has 0 aliphatic carbocycles. The molecule has 0 unspecified atom stereocenters. The van der Waals surface area contributed by atoms with Crippen molar-refractivity contribution >= 4 is 17.4 Å². The maximum Gasteiger partial charge on any atom is 0.264 e. The molecule has 1 heterocycles. The molecule has 0 radical (unpaired) electrons. The highest BCUT2D eigenvalue weighted by Gasteiger charge is 2.13. The van der Waals surface area contributed by atoms with Gasteiger partial charge in [-0.05, 0) is 24.9 Å². The van der Waals surface area contributed by atoms with Crippen molar-refractivity contribution in [3.63, 3.8) is 0 Å². The van der Waals surface area contributed by atoms with E-state index in [1.54, 1.807) is 0 Å². The van der Waals surface area contributed by atoms with Crippen LogP contribution < -0.4 is 5.32 Å². The minimum absolute atomic E-state index is 0.0654. The minimum atomic E-state index is -0.0654. The zero-order chi connectivity index (χ0) is 8.97. The molecule has 0 spiro atoms. The molecule has 4 nitrogen and oxygen atoms in total. The largest absolute Gasteiger partial charge is 0.352 e. The number of aromatic nitrogens is 2. The van der Waals surface area contributed by atoms with Gasteiger partial charge in [0.2, 0.25) is 0 Å². The van der Waals surface area contributed by atoms with Gasteiger partial charge in [-0.15, -0.1) is 5.10 Å². The Labute approximate surface area is 75.2 Å². The van der Waals surface area contributed by atoms with E-state index in [1.165, 1.54) is 0 Å².